The lowest BCUT2D eigenvalue weighted by Gasteiger charge is -2.24. The normalized spacial score (nSPS) is 13.9. The molecule has 0 saturated carbocycles. The van der Waals surface area contributed by atoms with E-state index < -0.39 is 0 Å². The first-order chi connectivity index (χ1) is 15.7. The zero-order chi connectivity index (χ0) is 21.9. The molecule has 6 nitrogen and oxygen atoms in total. The molecule has 4 aromatic heterocycles. The van der Waals surface area contributed by atoms with Crippen molar-refractivity contribution in [2.24, 2.45) is 0 Å². The molecule has 4 aromatic rings. The summed E-state index contributed by atoms with van der Waals surface area (Å²) in [7, 11) is 0. The van der Waals surface area contributed by atoms with E-state index >= 15 is 0 Å². The molecule has 0 unspecified atom stereocenters. The standard InChI is InChI=1S/C25H24N4O2S/c1-16-7-4-12-21(27-16)28-23(17-8-5-13-26-15-17)22-18-9-2-3-11-20(18)32-25(22)29-24(30)19-10-6-14-31-19/h4-8,10,12-15,23H,2-3,9,11H2,1H3,(H,27,28)(H,29,30)/t23-/m1/s1. The molecule has 0 saturated heterocycles. The number of amides is 1. The topological polar surface area (TPSA) is 80.0 Å². The Bertz CT molecular complexity index is 1220. The maximum absolute atomic E-state index is 12.9. The second-order valence-corrected chi connectivity index (χ2v) is 9.02. The zero-order valence-corrected chi connectivity index (χ0v) is 18.6. The number of anilines is 2. The van der Waals surface area contributed by atoms with Crippen LogP contribution in [0.5, 0.6) is 0 Å². The van der Waals surface area contributed by atoms with Gasteiger partial charge in [0.25, 0.3) is 5.91 Å². The molecule has 2 N–H and O–H groups in total. The van der Waals surface area contributed by atoms with Crippen LogP contribution in [0, 0.1) is 6.92 Å². The molecule has 0 fully saturated rings. The van der Waals surface area contributed by atoms with Crippen LogP contribution in [0.25, 0.3) is 0 Å². The highest BCUT2D eigenvalue weighted by atomic mass is 32.1. The second kappa shape index (κ2) is 8.96. The van der Waals surface area contributed by atoms with Crippen LogP contribution in [0.1, 0.15) is 56.7 Å². The van der Waals surface area contributed by atoms with Crippen molar-refractivity contribution in [1.82, 2.24) is 9.97 Å². The Balaban J connectivity index is 1.61. The van der Waals surface area contributed by atoms with Gasteiger partial charge in [-0.15, -0.1) is 11.3 Å². The van der Waals surface area contributed by atoms with Crippen molar-refractivity contribution in [3.05, 3.63) is 94.1 Å². The Morgan fingerprint density at radius 2 is 2.03 bits per heavy atom. The molecule has 7 heteroatoms. The van der Waals surface area contributed by atoms with E-state index in [4.69, 9.17) is 4.42 Å². The number of aryl methyl sites for hydroxylation is 2. The molecule has 0 radical (unpaired) electrons. The van der Waals surface area contributed by atoms with Gasteiger partial charge in [0.2, 0.25) is 0 Å². The van der Waals surface area contributed by atoms with Crippen molar-refractivity contribution in [3.63, 3.8) is 0 Å². The number of aromatic nitrogens is 2. The average molecular weight is 445 g/mol. The van der Waals surface area contributed by atoms with E-state index in [-0.39, 0.29) is 11.9 Å². The molecular weight excluding hydrogens is 420 g/mol. The number of furan rings is 1. The fraction of sp³-hybridized carbons (Fsp3) is 0.240. The number of thiophene rings is 1. The van der Waals surface area contributed by atoms with Crippen LogP contribution < -0.4 is 10.6 Å². The quantitative estimate of drug-likeness (QED) is 0.394. The highest BCUT2D eigenvalue weighted by Gasteiger charge is 2.29. The van der Waals surface area contributed by atoms with Crippen LogP contribution in [-0.2, 0) is 12.8 Å². The van der Waals surface area contributed by atoms with Crippen molar-refractivity contribution in [2.45, 2.75) is 38.6 Å². The van der Waals surface area contributed by atoms with Crippen LogP contribution in [0.4, 0.5) is 10.8 Å². The Morgan fingerprint density at radius 3 is 2.81 bits per heavy atom. The maximum Gasteiger partial charge on any atom is 0.291 e. The first kappa shape index (κ1) is 20.5. The molecule has 4 heterocycles. The summed E-state index contributed by atoms with van der Waals surface area (Å²) in [4.78, 5) is 23.2. The molecule has 5 rings (SSSR count). The molecule has 0 spiro atoms. The number of nitrogens with zero attached hydrogens (tertiary/aromatic N) is 2. The minimum absolute atomic E-state index is 0.192. The van der Waals surface area contributed by atoms with Crippen LogP contribution in [0.3, 0.4) is 0 Å². The fourth-order valence-corrected chi connectivity index (χ4v) is 5.52. The molecular formula is C25H24N4O2S. The number of nitrogens with one attached hydrogen (secondary N) is 2. The lowest BCUT2D eigenvalue weighted by atomic mass is 9.90. The van der Waals surface area contributed by atoms with E-state index in [0.717, 1.165) is 46.9 Å². The summed E-state index contributed by atoms with van der Waals surface area (Å²) in [5.41, 5.74) is 4.39. The third-order valence-corrected chi connectivity index (χ3v) is 6.89. The van der Waals surface area contributed by atoms with Gasteiger partial charge in [-0.1, -0.05) is 12.1 Å². The lowest BCUT2D eigenvalue weighted by molar-refractivity contribution is 0.0997. The summed E-state index contributed by atoms with van der Waals surface area (Å²) in [6.45, 7) is 1.98. The minimum atomic E-state index is -0.242. The highest BCUT2D eigenvalue weighted by molar-refractivity contribution is 7.16. The third kappa shape index (κ3) is 4.16. The second-order valence-electron chi connectivity index (χ2n) is 7.91. The summed E-state index contributed by atoms with van der Waals surface area (Å²) in [5, 5.41) is 7.59. The summed E-state index contributed by atoms with van der Waals surface area (Å²) >= 11 is 1.67. The predicted octanol–water partition coefficient (Wildman–Crippen LogP) is 5.77. The molecule has 1 aliphatic carbocycles. The Hall–Kier alpha value is -3.45. The first-order valence-corrected chi connectivity index (χ1v) is 11.6. The smallest absolute Gasteiger partial charge is 0.291 e. The van der Waals surface area contributed by atoms with Gasteiger partial charge in [0, 0.05) is 28.5 Å². The van der Waals surface area contributed by atoms with Crippen LogP contribution in [-0.4, -0.2) is 15.9 Å². The molecule has 1 aliphatic rings. The highest BCUT2D eigenvalue weighted by Crippen LogP contribution is 2.44. The van der Waals surface area contributed by atoms with E-state index in [1.54, 1.807) is 29.7 Å². The van der Waals surface area contributed by atoms with Gasteiger partial charge in [0.1, 0.15) is 10.8 Å². The van der Waals surface area contributed by atoms with E-state index in [1.807, 2.05) is 37.4 Å². The molecule has 32 heavy (non-hydrogen) atoms. The van der Waals surface area contributed by atoms with Gasteiger partial charge >= 0.3 is 0 Å². The number of carbonyl (C=O) groups is 1. The van der Waals surface area contributed by atoms with Crippen molar-refractivity contribution in [1.29, 1.82) is 0 Å². The zero-order valence-electron chi connectivity index (χ0n) is 17.8. The minimum Gasteiger partial charge on any atom is -0.459 e. The molecule has 0 bridgehead atoms. The van der Waals surface area contributed by atoms with Gasteiger partial charge < -0.3 is 15.1 Å². The number of pyridine rings is 2. The summed E-state index contributed by atoms with van der Waals surface area (Å²) in [6.07, 6.45) is 9.50. The van der Waals surface area contributed by atoms with Gasteiger partial charge in [-0.25, -0.2) is 4.98 Å². The summed E-state index contributed by atoms with van der Waals surface area (Å²) in [5.74, 6) is 0.847. The van der Waals surface area contributed by atoms with Gasteiger partial charge in [0.05, 0.1) is 12.3 Å². The van der Waals surface area contributed by atoms with Gasteiger partial charge in [-0.2, -0.15) is 0 Å². The van der Waals surface area contributed by atoms with Crippen LogP contribution in [0.15, 0.2) is 65.5 Å². The summed E-state index contributed by atoms with van der Waals surface area (Å²) < 4.78 is 5.32. The fourth-order valence-electron chi connectivity index (χ4n) is 4.20. The van der Waals surface area contributed by atoms with Crippen molar-refractivity contribution >= 4 is 28.1 Å². The molecule has 0 aliphatic heterocycles. The van der Waals surface area contributed by atoms with Crippen LogP contribution >= 0.6 is 11.3 Å². The van der Waals surface area contributed by atoms with Crippen molar-refractivity contribution in [2.75, 3.05) is 10.6 Å². The SMILES string of the molecule is Cc1cccc(N[C@H](c2cccnc2)c2c(NC(=O)c3ccco3)sc3c2CCCC3)n1. The monoisotopic (exact) mass is 444 g/mol. The Labute approximate surface area is 190 Å². The van der Waals surface area contributed by atoms with E-state index in [0.29, 0.717) is 5.76 Å². The van der Waals surface area contributed by atoms with Crippen molar-refractivity contribution in [3.8, 4) is 0 Å². The van der Waals surface area contributed by atoms with E-state index in [1.165, 1.54) is 23.1 Å². The number of hydrogen-bond acceptors (Lipinski definition) is 6. The number of rotatable bonds is 6. The largest absolute Gasteiger partial charge is 0.459 e. The third-order valence-electron chi connectivity index (χ3n) is 5.67. The van der Waals surface area contributed by atoms with E-state index in [2.05, 4.69) is 26.7 Å². The van der Waals surface area contributed by atoms with E-state index in [9.17, 15) is 4.79 Å². The first-order valence-electron chi connectivity index (χ1n) is 10.8. The maximum atomic E-state index is 12.9. The van der Waals surface area contributed by atoms with Crippen LogP contribution in [0.2, 0.25) is 0 Å². The molecule has 1 atom stereocenters. The average Bonchev–Trinajstić information content (AvgIpc) is 3.46. The Kier molecular flexibility index (Phi) is 5.73. The van der Waals surface area contributed by atoms with Crippen molar-refractivity contribution < 1.29 is 9.21 Å². The Morgan fingerprint density at radius 1 is 1.12 bits per heavy atom. The lowest BCUT2D eigenvalue weighted by Crippen LogP contribution is -2.19. The molecule has 1 amide bonds. The summed E-state index contributed by atoms with van der Waals surface area (Å²) in [6, 6.07) is 13.1. The van der Waals surface area contributed by atoms with Gasteiger partial charge in [-0.05, 0) is 74.1 Å². The number of fused-ring (bicyclic) bond motifs is 1. The van der Waals surface area contributed by atoms with Gasteiger partial charge in [0.15, 0.2) is 5.76 Å². The number of carbonyl (C=O) groups excluding carboxylic acids is 1. The molecule has 0 aromatic carbocycles. The predicted molar refractivity (Wildman–Crippen MR) is 126 cm³/mol. The van der Waals surface area contributed by atoms with Gasteiger partial charge in [-0.3, -0.25) is 9.78 Å². The molecule has 162 valence electrons. The number of hydrogen-bond donors (Lipinski definition) is 2.